The molecule has 0 radical (unpaired) electrons. The molecule has 0 bridgehead atoms. The molecule has 8 heteroatoms. The second kappa shape index (κ2) is 7.93. The number of carbonyl (C=O) groups is 2. The molecule has 4 rings (SSSR count). The van der Waals surface area contributed by atoms with E-state index >= 15 is 0 Å². The fraction of sp³-hybridized carbons (Fsp3) is 0.455. The number of para-hydroxylation sites is 1. The summed E-state index contributed by atoms with van der Waals surface area (Å²) in [7, 11) is 0. The number of nitrogens with one attached hydrogen (secondary N) is 1. The monoisotopic (exact) mass is 409 g/mol. The molecular formula is C22H27N5O3. The van der Waals surface area contributed by atoms with Gasteiger partial charge < -0.3 is 14.8 Å². The number of likely N-dealkylation sites (tertiary alicyclic amines) is 1. The van der Waals surface area contributed by atoms with E-state index in [-0.39, 0.29) is 24.9 Å². The van der Waals surface area contributed by atoms with Crippen LogP contribution in [0.4, 0.5) is 0 Å². The average molecular weight is 409 g/mol. The number of hydrogen-bond donors (Lipinski definition) is 1. The Morgan fingerprint density at radius 2 is 2.03 bits per heavy atom. The molecule has 2 amide bonds. The molecule has 3 heterocycles. The maximum absolute atomic E-state index is 13.1. The van der Waals surface area contributed by atoms with Crippen LogP contribution in [-0.4, -0.2) is 44.7 Å². The van der Waals surface area contributed by atoms with Crippen LogP contribution in [-0.2, 0) is 22.7 Å². The van der Waals surface area contributed by atoms with Crippen molar-refractivity contribution in [2.24, 2.45) is 5.41 Å². The summed E-state index contributed by atoms with van der Waals surface area (Å²) in [6.07, 6.45) is 1.54. The molecule has 0 unspecified atom stereocenters. The highest BCUT2D eigenvalue weighted by molar-refractivity contribution is 5.86. The molecule has 0 saturated carbocycles. The van der Waals surface area contributed by atoms with E-state index in [2.05, 4.69) is 32.4 Å². The van der Waals surface area contributed by atoms with Crippen LogP contribution in [0.2, 0.25) is 0 Å². The lowest BCUT2D eigenvalue weighted by atomic mass is 9.81. The number of fused-ring (bicyclic) bond motifs is 1. The largest absolute Gasteiger partial charge is 0.350 e. The summed E-state index contributed by atoms with van der Waals surface area (Å²) in [4.78, 5) is 27.8. The molecule has 1 atom stereocenters. The van der Waals surface area contributed by atoms with Gasteiger partial charge in [-0.25, -0.2) is 4.63 Å². The summed E-state index contributed by atoms with van der Waals surface area (Å²) >= 11 is 0. The summed E-state index contributed by atoms with van der Waals surface area (Å²) < 4.78 is 6.73. The first-order valence-corrected chi connectivity index (χ1v) is 10.3. The summed E-state index contributed by atoms with van der Waals surface area (Å²) in [5.41, 5.74) is 2.75. The lowest BCUT2D eigenvalue weighted by Crippen LogP contribution is -2.52. The minimum absolute atomic E-state index is 0.0368. The van der Waals surface area contributed by atoms with Gasteiger partial charge in [-0.15, -0.1) is 0 Å². The highest BCUT2D eigenvalue weighted by Crippen LogP contribution is 2.30. The molecule has 1 N–H and O–H groups in total. The van der Waals surface area contributed by atoms with Gasteiger partial charge in [0.25, 0.3) is 0 Å². The van der Waals surface area contributed by atoms with Gasteiger partial charge in [0.1, 0.15) is 17.9 Å². The molecule has 0 aliphatic carbocycles. The van der Waals surface area contributed by atoms with Crippen LogP contribution >= 0.6 is 0 Å². The van der Waals surface area contributed by atoms with Gasteiger partial charge >= 0.3 is 0 Å². The molecule has 8 nitrogen and oxygen atoms in total. The van der Waals surface area contributed by atoms with Crippen LogP contribution in [0.25, 0.3) is 10.9 Å². The van der Waals surface area contributed by atoms with E-state index < -0.39 is 5.41 Å². The Labute approximate surface area is 175 Å². The Hall–Kier alpha value is -3.16. The summed E-state index contributed by atoms with van der Waals surface area (Å²) in [5, 5.41) is 11.6. The molecule has 1 saturated heterocycles. The zero-order valence-electron chi connectivity index (χ0n) is 17.6. The van der Waals surface area contributed by atoms with E-state index in [0.29, 0.717) is 24.5 Å². The molecule has 1 aliphatic heterocycles. The third-order valence-electron chi connectivity index (χ3n) is 6.07. The summed E-state index contributed by atoms with van der Waals surface area (Å²) in [6.45, 7) is 7.35. The van der Waals surface area contributed by atoms with Crippen LogP contribution in [0.1, 0.15) is 36.8 Å². The molecule has 3 aromatic rings. The van der Waals surface area contributed by atoms with Crippen molar-refractivity contribution in [2.45, 2.75) is 46.7 Å². The van der Waals surface area contributed by atoms with Gasteiger partial charge in [0, 0.05) is 24.3 Å². The Morgan fingerprint density at radius 3 is 2.80 bits per heavy atom. The van der Waals surface area contributed by atoms with Crippen molar-refractivity contribution in [2.75, 3.05) is 13.1 Å². The van der Waals surface area contributed by atoms with Gasteiger partial charge in [-0.05, 0) is 51.1 Å². The molecule has 158 valence electrons. The second-order valence-corrected chi connectivity index (χ2v) is 8.39. The first-order chi connectivity index (χ1) is 14.4. The molecule has 2 aromatic heterocycles. The van der Waals surface area contributed by atoms with Crippen LogP contribution in [0.3, 0.4) is 0 Å². The van der Waals surface area contributed by atoms with Crippen molar-refractivity contribution in [1.82, 2.24) is 25.1 Å². The number of carbonyl (C=O) groups excluding carboxylic acids is 2. The third-order valence-corrected chi connectivity index (χ3v) is 6.07. The van der Waals surface area contributed by atoms with Crippen molar-refractivity contribution < 1.29 is 14.2 Å². The standard InChI is InChI=1S/C22H27N5O3/c1-15-11-17-7-4-5-8-19(17)27(15)13-20(28)26-10-6-9-22(3,14-26)21(29)23-12-18-16(2)24-30-25-18/h4-5,7-8,11H,6,9-10,12-14H2,1-3H3,(H,23,29)/t22-/m0/s1. The number of amides is 2. The maximum Gasteiger partial charge on any atom is 0.242 e. The summed E-state index contributed by atoms with van der Waals surface area (Å²) in [6, 6.07) is 10.2. The molecule has 1 fully saturated rings. The highest BCUT2D eigenvalue weighted by Gasteiger charge is 2.39. The Bertz CT molecular complexity index is 1090. The van der Waals surface area contributed by atoms with Crippen LogP contribution in [0.5, 0.6) is 0 Å². The zero-order chi connectivity index (χ0) is 21.3. The van der Waals surface area contributed by atoms with Gasteiger partial charge in [0.15, 0.2) is 0 Å². The van der Waals surface area contributed by atoms with Gasteiger partial charge in [-0.1, -0.05) is 28.5 Å². The molecule has 1 aromatic carbocycles. The van der Waals surface area contributed by atoms with Gasteiger partial charge in [-0.3, -0.25) is 9.59 Å². The van der Waals surface area contributed by atoms with E-state index in [1.165, 1.54) is 0 Å². The quantitative estimate of drug-likeness (QED) is 0.699. The SMILES string of the molecule is Cc1nonc1CNC(=O)[C@@]1(C)CCCN(C(=O)Cn2c(C)cc3ccccc32)C1. The van der Waals surface area contributed by atoms with Crippen LogP contribution in [0, 0.1) is 19.3 Å². The Morgan fingerprint density at radius 1 is 1.23 bits per heavy atom. The second-order valence-electron chi connectivity index (χ2n) is 8.39. The van der Waals surface area contributed by atoms with E-state index in [9.17, 15) is 9.59 Å². The number of piperidine rings is 1. The van der Waals surface area contributed by atoms with Crippen molar-refractivity contribution in [3.63, 3.8) is 0 Å². The maximum atomic E-state index is 13.1. The van der Waals surface area contributed by atoms with Crippen molar-refractivity contribution in [1.29, 1.82) is 0 Å². The number of nitrogens with zero attached hydrogens (tertiary/aromatic N) is 4. The van der Waals surface area contributed by atoms with Crippen molar-refractivity contribution in [3.05, 3.63) is 47.4 Å². The number of benzene rings is 1. The van der Waals surface area contributed by atoms with E-state index in [0.717, 1.165) is 29.4 Å². The lowest BCUT2D eigenvalue weighted by molar-refractivity contribution is -0.141. The molecule has 30 heavy (non-hydrogen) atoms. The smallest absolute Gasteiger partial charge is 0.242 e. The number of hydrogen-bond acceptors (Lipinski definition) is 5. The highest BCUT2D eigenvalue weighted by atomic mass is 16.6. The predicted molar refractivity (Wildman–Crippen MR) is 111 cm³/mol. The van der Waals surface area contributed by atoms with Crippen LogP contribution in [0.15, 0.2) is 35.0 Å². The number of aryl methyl sites for hydroxylation is 2. The minimum Gasteiger partial charge on any atom is -0.350 e. The van der Waals surface area contributed by atoms with Gasteiger partial charge in [0.05, 0.1) is 12.0 Å². The van der Waals surface area contributed by atoms with Crippen LogP contribution < -0.4 is 5.32 Å². The van der Waals surface area contributed by atoms with E-state index in [1.54, 1.807) is 6.92 Å². The minimum atomic E-state index is -0.632. The first kappa shape index (κ1) is 20.1. The zero-order valence-corrected chi connectivity index (χ0v) is 17.6. The normalized spacial score (nSPS) is 19.2. The topological polar surface area (TPSA) is 93.3 Å². The summed E-state index contributed by atoms with van der Waals surface area (Å²) in [5.74, 6) is -0.0419. The fourth-order valence-corrected chi connectivity index (χ4v) is 4.22. The van der Waals surface area contributed by atoms with Gasteiger partial charge in [0.2, 0.25) is 11.8 Å². The van der Waals surface area contributed by atoms with E-state index in [1.807, 2.05) is 41.5 Å². The predicted octanol–water partition coefficient (Wildman–Crippen LogP) is 2.59. The third kappa shape index (κ3) is 3.81. The lowest BCUT2D eigenvalue weighted by Gasteiger charge is -2.39. The van der Waals surface area contributed by atoms with Crippen molar-refractivity contribution in [3.8, 4) is 0 Å². The van der Waals surface area contributed by atoms with Gasteiger partial charge in [-0.2, -0.15) is 0 Å². The molecule has 1 aliphatic rings. The Balaban J connectivity index is 1.43. The fourth-order valence-electron chi connectivity index (χ4n) is 4.22. The Kier molecular flexibility index (Phi) is 5.32. The van der Waals surface area contributed by atoms with E-state index in [4.69, 9.17) is 0 Å². The molecule has 0 spiro atoms. The van der Waals surface area contributed by atoms with Crippen molar-refractivity contribution >= 4 is 22.7 Å². The number of aromatic nitrogens is 3. The average Bonchev–Trinajstić information content (AvgIpc) is 3.28. The number of rotatable bonds is 5. The first-order valence-electron chi connectivity index (χ1n) is 10.3. The molecular weight excluding hydrogens is 382 g/mol.